The van der Waals surface area contributed by atoms with Gasteiger partial charge in [-0.15, -0.1) is 0 Å². The molecule has 0 unspecified atom stereocenters. The van der Waals surface area contributed by atoms with Gasteiger partial charge in [-0.2, -0.15) is 0 Å². The Morgan fingerprint density at radius 2 is 2.60 bits per heavy atom. The third-order valence-electron chi connectivity index (χ3n) is 1.20. The van der Waals surface area contributed by atoms with E-state index in [-0.39, 0.29) is 5.91 Å². The van der Waals surface area contributed by atoms with Crippen molar-refractivity contribution in [1.82, 2.24) is 10.3 Å². The Morgan fingerprint density at radius 1 is 1.80 bits per heavy atom. The van der Waals surface area contributed by atoms with Crippen molar-refractivity contribution in [3.8, 4) is 0 Å². The molecule has 3 nitrogen and oxygen atoms in total. The Labute approximate surface area is 59.4 Å². The maximum Gasteiger partial charge on any atom is 0.217 e. The Balaban J connectivity index is 2.35. The van der Waals surface area contributed by atoms with Gasteiger partial charge in [0.1, 0.15) is 0 Å². The quantitative estimate of drug-likeness (QED) is 0.619. The number of hydrogen-bond acceptors (Lipinski definition) is 1. The van der Waals surface area contributed by atoms with E-state index in [0.29, 0.717) is 6.54 Å². The monoisotopic (exact) mass is 138 g/mol. The van der Waals surface area contributed by atoms with E-state index in [1.165, 1.54) is 6.92 Å². The number of rotatable bonds is 2. The molecule has 0 aliphatic rings. The van der Waals surface area contributed by atoms with Crippen LogP contribution in [0.2, 0.25) is 0 Å². The molecule has 0 bridgehead atoms. The van der Waals surface area contributed by atoms with Gasteiger partial charge in [-0.1, -0.05) is 0 Å². The van der Waals surface area contributed by atoms with E-state index >= 15 is 0 Å². The predicted molar refractivity (Wildman–Crippen MR) is 38.3 cm³/mol. The Bertz CT molecular complexity index is 203. The van der Waals surface area contributed by atoms with Crippen molar-refractivity contribution >= 4 is 5.91 Å². The third kappa shape index (κ3) is 1.93. The van der Waals surface area contributed by atoms with Crippen LogP contribution in [0.4, 0.5) is 0 Å². The Morgan fingerprint density at radius 3 is 3.10 bits per heavy atom. The molecule has 1 aromatic rings. The predicted octanol–water partition coefficient (Wildman–Crippen LogP) is 0.651. The number of H-pyrrole nitrogens is 1. The molecule has 54 valence electrons. The summed E-state index contributed by atoms with van der Waals surface area (Å²) in [5, 5.41) is 2.69. The summed E-state index contributed by atoms with van der Waals surface area (Å²) in [6, 6.07) is 1.93. The lowest BCUT2D eigenvalue weighted by atomic mass is 10.3. The Hall–Kier alpha value is -1.25. The largest absolute Gasteiger partial charge is 0.367 e. The van der Waals surface area contributed by atoms with E-state index in [0.717, 1.165) is 5.56 Å². The van der Waals surface area contributed by atoms with Gasteiger partial charge in [-0.05, 0) is 11.6 Å². The lowest BCUT2D eigenvalue weighted by molar-refractivity contribution is -0.119. The summed E-state index contributed by atoms with van der Waals surface area (Å²) in [4.78, 5) is 13.3. The van der Waals surface area contributed by atoms with Crippen LogP contribution in [-0.4, -0.2) is 10.9 Å². The molecule has 10 heavy (non-hydrogen) atoms. The van der Waals surface area contributed by atoms with Crippen LogP contribution < -0.4 is 5.32 Å². The number of carbonyl (C=O) groups is 1. The molecular weight excluding hydrogens is 128 g/mol. The first-order valence-corrected chi connectivity index (χ1v) is 3.15. The average Bonchev–Trinajstić information content (AvgIpc) is 2.34. The van der Waals surface area contributed by atoms with Crippen molar-refractivity contribution in [3.63, 3.8) is 0 Å². The summed E-state index contributed by atoms with van der Waals surface area (Å²) in [7, 11) is 0. The van der Waals surface area contributed by atoms with Gasteiger partial charge >= 0.3 is 0 Å². The molecule has 0 atom stereocenters. The van der Waals surface area contributed by atoms with E-state index < -0.39 is 0 Å². The normalized spacial score (nSPS) is 9.30. The van der Waals surface area contributed by atoms with Crippen molar-refractivity contribution in [1.29, 1.82) is 0 Å². The molecule has 3 heteroatoms. The highest BCUT2D eigenvalue weighted by molar-refractivity contribution is 5.72. The molecular formula is C7H10N2O. The van der Waals surface area contributed by atoms with Crippen LogP contribution in [0.5, 0.6) is 0 Å². The maximum atomic E-state index is 10.4. The molecule has 1 heterocycles. The van der Waals surface area contributed by atoms with Crippen LogP contribution in [0.3, 0.4) is 0 Å². The van der Waals surface area contributed by atoms with E-state index in [1.807, 2.05) is 18.5 Å². The third-order valence-corrected chi connectivity index (χ3v) is 1.20. The maximum absolute atomic E-state index is 10.4. The number of aromatic amines is 1. The van der Waals surface area contributed by atoms with Gasteiger partial charge in [0.15, 0.2) is 0 Å². The highest BCUT2D eigenvalue weighted by atomic mass is 16.1. The summed E-state index contributed by atoms with van der Waals surface area (Å²) in [5.41, 5.74) is 1.09. The van der Waals surface area contributed by atoms with E-state index in [9.17, 15) is 4.79 Å². The fraction of sp³-hybridized carbons (Fsp3) is 0.286. The number of aromatic nitrogens is 1. The van der Waals surface area contributed by atoms with Gasteiger partial charge in [0.25, 0.3) is 0 Å². The Kier molecular flexibility index (Phi) is 2.10. The molecule has 0 saturated heterocycles. The zero-order valence-electron chi connectivity index (χ0n) is 5.85. The van der Waals surface area contributed by atoms with Crippen LogP contribution >= 0.6 is 0 Å². The molecule has 0 spiro atoms. The molecule has 0 aliphatic carbocycles. The first kappa shape index (κ1) is 6.86. The van der Waals surface area contributed by atoms with E-state index in [1.54, 1.807) is 0 Å². The van der Waals surface area contributed by atoms with Gasteiger partial charge in [-0.25, -0.2) is 0 Å². The fourth-order valence-corrected chi connectivity index (χ4v) is 0.695. The molecule has 0 fully saturated rings. The second-order valence-corrected chi connectivity index (χ2v) is 2.13. The van der Waals surface area contributed by atoms with E-state index in [4.69, 9.17) is 0 Å². The number of hydrogen-bond donors (Lipinski definition) is 2. The van der Waals surface area contributed by atoms with Crippen LogP contribution in [0.15, 0.2) is 18.5 Å². The van der Waals surface area contributed by atoms with Crippen molar-refractivity contribution in [3.05, 3.63) is 24.0 Å². The summed E-state index contributed by atoms with van der Waals surface area (Å²) in [5.74, 6) is 0.00111. The van der Waals surface area contributed by atoms with Gasteiger partial charge < -0.3 is 10.3 Å². The minimum absolute atomic E-state index is 0.00111. The molecule has 0 radical (unpaired) electrons. The van der Waals surface area contributed by atoms with Crippen LogP contribution in [-0.2, 0) is 11.3 Å². The zero-order chi connectivity index (χ0) is 7.40. The minimum Gasteiger partial charge on any atom is -0.367 e. The van der Waals surface area contributed by atoms with Crippen LogP contribution in [0.1, 0.15) is 12.5 Å². The number of amides is 1. The molecule has 0 aromatic carbocycles. The summed E-state index contributed by atoms with van der Waals surface area (Å²) >= 11 is 0. The van der Waals surface area contributed by atoms with Gasteiger partial charge in [-0.3, -0.25) is 4.79 Å². The van der Waals surface area contributed by atoms with Crippen molar-refractivity contribution < 1.29 is 4.79 Å². The lowest BCUT2D eigenvalue weighted by Crippen LogP contribution is -2.18. The van der Waals surface area contributed by atoms with Crippen molar-refractivity contribution in [2.75, 3.05) is 0 Å². The SMILES string of the molecule is CC(=O)NCc1cc[nH]c1. The smallest absolute Gasteiger partial charge is 0.217 e. The van der Waals surface area contributed by atoms with E-state index in [2.05, 4.69) is 10.3 Å². The topological polar surface area (TPSA) is 44.9 Å². The van der Waals surface area contributed by atoms with Crippen LogP contribution in [0, 0.1) is 0 Å². The summed E-state index contributed by atoms with van der Waals surface area (Å²) in [6.45, 7) is 2.12. The summed E-state index contributed by atoms with van der Waals surface area (Å²) < 4.78 is 0. The summed E-state index contributed by atoms with van der Waals surface area (Å²) in [6.07, 6.45) is 3.69. The highest BCUT2D eigenvalue weighted by Gasteiger charge is 1.92. The minimum atomic E-state index is 0.00111. The second kappa shape index (κ2) is 3.06. The van der Waals surface area contributed by atoms with Gasteiger partial charge in [0, 0.05) is 25.9 Å². The molecule has 1 amide bonds. The van der Waals surface area contributed by atoms with Crippen molar-refractivity contribution in [2.24, 2.45) is 0 Å². The second-order valence-electron chi connectivity index (χ2n) is 2.13. The first-order chi connectivity index (χ1) is 4.79. The highest BCUT2D eigenvalue weighted by Crippen LogP contribution is 1.93. The first-order valence-electron chi connectivity index (χ1n) is 3.15. The fourth-order valence-electron chi connectivity index (χ4n) is 0.695. The standard InChI is InChI=1S/C7H10N2O/c1-6(10)9-5-7-2-3-8-4-7/h2-4,8H,5H2,1H3,(H,9,10). The molecule has 0 saturated carbocycles. The van der Waals surface area contributed by atoms with Crippen molar-refractivity contribution in [2.45, 2.75) is 13.5 Å². The lowest BCUT2D eigenvalue weighted by Gasteiger charge is -1.96. The molecule has 2 N–H and O–H groups in total. The zero-order valence-corrected chi connectivity index (χ0v) is 5.85. The molecule has 0 aliphatic heterocycles. The number of nitrogens with one attached hydrogen (secondary N) is 2. The number of carbonyl (C=O) groups excluding carboxylic acids is 1. The average molecular weight is 138 g/mol. The molecule has 1 rings (SSSR count). The van der Waals surface area contributed by atoms with Gasteiger partial charge in [0.05, 0.1) is 0 Å². The van der Waals surface area contributed by atoms with Gasteiger partial charge in [0.2, 0.25) is 5.91 Å². The van der Waals surface area contributed by atoms with Crippen LogP contribution in [0.25, 0.3) is 0 Å². The molecule has 1 aromatic heterocycles.